The van der Waals surface area contributed by atoms with Crippen LogP contribution in [-0.2, 0) is 4.79 Å². The molecule has 1 unspecified atom stereocenters. The molecule has 0 radical (unpaired) electrons. The van der Waals surface area contributed by atoms with E-state index in [0.717, 1.165) is 13.0 Å². The summed E-state index contributed by atoms with van der Waals surface area (Å²) in [6.45, 7) is 5.18. The van der Waals surface area contributed by atoms with Crippen molar-refractivity contribution in [1.82, 2.24) is 4.90 Å². The summed E-state index contributed by atoms with van der Waals surface area (Å²) in [4.78, 5) is 14.1. The van der Waals surface area contributed by atoms with Gasteiger partial charge in [-0.2, -0.15) is 0 Å². The number of rotatable bonds is 3. The average molecular weight is 258 g/mol. The Kier molecular flexibility index (Phi) is 4.05. The zero-order chi connectivity index (χ0) is 13.9. The molecule has 0 bridgehead atoms. The van der Waals surface area contributed by atoms with Crippen molar-refractivity contribution >= 4 is 11.5 Å². The predicted octanol–water partition coefficient (Wildman–Crippen LogP) is 2.43. The third kappa shape index (κ3) is 3.04. The molecule has 0 aromatic heterocycles. The van der Waals surface area contributed by atoms with Crippen LogP contribution in [0.4, 0.5) is 0 Å². The van der Waals surface area contributed by atoms with Crippen LogP contribution in [0.2, 0.25) is 0 Å². The van der Waals surface area contributed by atoms with Gasteiger partial charge in [-0.05, 0) is 30.9 Å². The zero-order valence-electron chi connectivity index (χ0n) is 11.7. The molecule has 3 nitrogen and oxygen atoms in total. The molecule has 1 aromatic rings. The van der Waals surface area contributed by atoms with Gasteiger partial charge in [0.1, 0.15) is 0 Å². The number of nitrogens with two attached hydrogens (primary N) is 1. The van der Waals surface area contributed by atoms with Gasteiger partial charge < -0.3 is 10.6 Å². The molecule has 1 aliphatic heterocycles. The molecular weight excluding hydrogens is 236 g/mol. The van der Waals surface area contributed by atoms with Crippen molar-refractivity contribution in [1.29, 1.82) is 0 Å². The number of hydrogen-bond donors (Lipinski definition) is 1. The van der Waals surface area contributed by atoms with Crippen LogP contribution < -0.4 is 5.73 Å². The van der Waals surface area contributed by atoms with Gasteiger partial charge in [-0.25, -0.2) is 0 Å². The lowest BCUT2D eigenvalue weighted by molar-refractivity contribution is -0.136. The highest BCUT2D eigenvalue weighted by atomic mass is 16.2. The van der Waals surface area contributed by atoms with Crippen molar-refractivity contribution in [3.05, 3.63) is 42.0 Å². The number of amides is 1. The van der Waals surface area contributed by atoms with E-state index in [1.165, 1.54) is 11.1 Å². The van der Waals surface area contributed by atoms with Crippen LogP contribution in [0.5, 0.6) is 0 Å². The minimum atomic E-state index is -0.738. The van der Waals surface area contributed by atoms with E-state index >= 15 is 0 Å². The highest BCUT2D eigenvalue weighted by Crippen LogP contribution is 2.23. The third-order valence-electron chi connectivity index (χ3n) is 3.86. The fraction of sp³-hybridized carbons (Fsp3) is 0.438. The smallest absolute Gasteiger partial charge is 0.242 e. The van der Waals surface area contributed by atoms with Crippen molar-refractivity contribution in [2.75, 3.05) is 13.1 Å². The van der Waals surface area contributed by atoms with Gasteiger partial charge >= 0.3 is 0 Å². The number of carbonyl (C=O) groups excluding carboxylic acids is 1. The summed E-state index contributed by atoms with van der Waals surface area (Å²) in [5.74, 6) is 0.0540. The topological polar surface area (TPSA) is 46.3 Å². The molecule has 3 heteroatoms. The summed E-state index contributed by atoms with van der Waals surface area (Å²) in [5, 5.41) is 0. The van der Waals surface area contributed by atoms with Crippen molar-refractivity contribution in [2.24, 2.45) is 5.73 Å². The van der Waals surface area contributed by atoms with Crippen LogP contribution in [0, 0.1) is 0 Å². The summed E-state index contributed by atoms with van der Waals surface area (Å²) in [6.07, 6.45) is 3.70. The van der Waals surface area contributed by atoms with Crippen molar-refractivity contribution in [2.45, 2.75) is 32.2 Å². The van der Waals surface area contributed by atoms with Crippen molar-refractivity contribution in [3.63, 3.8) is 0 Å². The second-order valence-electron chi connectivity index (χ2n) is 5.37. The number of nitrogens with zero attached hydrogens (tertiary/aromatic N) is 1. The summed E-state index contributed by atoms with van der Waals surface area (Å²) in [5.41, 5.74) is 7.86. The summed E-state index contributed by atoms with van der Waals surface area (Å²) < 4.78 is 0. The molecule has 0 saturated heterocycles. The predicted molar refractivity (Wildman–Crippen MR) is 78.5 cm³/mol. The Morgan fingerprint density at radius 2 is 2.05 bits per heavy atom. The summed E-state index contributed by atoms with van der Waals surface area (Å²) in [7, 11) is 0. The molecule has 0 fully saturated rings. The van der Waals surface area contributed by atoms with Crippen LogP contribution in [0.3, 0.4) is 0 Å². The lowest BCUT2D eigenvalue weighted by Gasteiger charge is -2.33. The molecular formula is C16H22N2O. The SMILES string of the molecule is CCC(C)(N)C(=O)N1CC=C(c2ccccc2)CC1. The van der Waals surface area contributed by atoms with E-state index in [9.17, 15) is 4.79 Å². The molecule has 2 N–H and O–H groups in total. The van der Waals surface area contributed by atoms with E-state index in [-0.39, 0.29) is 5.91 Å². The maximum atomic E-state index is 12.3. The molecule has 0 spiro atoms. The molecule has 1 heterocycles. The molecule has 0 aliphatic carbocycles. The van der Waals surface area contributed by atoms with Crippen LogP contribution in [0.1, 0.15) is 32.3 Å². The summed E-state index contributed by atoms with van der Waals surface area (Å²) in [6, 6.07) is 10.3. The number of hydrogen-bond acceptors (Lipinski definition) is 2. The van der Waals surface area contributed by atoms with Crippen LogP contribution >= 0.6 is 0 Å². The lowest BCUT2D eigenvalue weighted by Crippen LogP contribution is -2.53. The fourth-order valence-corrected chi connectivity index (χ4v) is 2.28. The molecule has 1 aromatic carbocycles. The maximum absolute atomic E-state index is 12.3. The van der Waals surface area contributed by atoms with Crippen LogP contribution in [-0.4, -0.2) is 29.4 Å². The van der Waals surface area contributed by atoms with Gasteiger partial charge in [0.25, 0.3) is 0 Å². The average Bonchev–Trinajstić information content (AvgIpc) is 2.47. The van der Waals surface area contributed by atoms with Gasteiger partial charge in [-0.15, -0.1) is 0 Å². The third-order valence-corrected chi connectivity index (χ3v) is 3.86. The van der Waals surface area contributed by atoms with E-state index < -0.39 is 5.54 Å². The highest BCUT2D eigenvalue weighted by molar-refractivity contribution is 5.86. The molecule has 1 amide bonds. The molecule has 1 aliphatic rings. The first-order valence-corrected chi connectivity index (χ1v) is 6.87. The van der Waals surface area contributed by atoms with E-state index in [4.69, 9.17) is 5.73 Å². The Morgan fingerprint density at radius 3 is 2.58 bits per heavy atom. The Bertz CT molecular complexity index is 477. The minimum Gasteiger partial charge on any atom is -0.337 e. The molecule has 0 saturated carbocycles. The number of carbonyl (C=O) groups is 1. The van der Waals surface area contributed by atoms with Gasteiger partial charge in [-0.3, -0.25) is 4.79 Å². The first kappa shape index (κ1) is 13.8. The first-order chi connectivity index (χ1) is 9.04. The standard InChI is InChI=1S/C16H22N2O/c1-3-16(2,17)15(19)18-11-9-14(10-12-18)13-7-5-4-6-8-13/h4-9H,3,10-12,17H2,1-2H3. The fourth-order valence-electron chi connectivity index (χ4n) is 2.28. The van der Waals surface area contributed by atoms with Crippen LogP contribution in [0.25, 0.3) is 5.57 Å². The quantitative estimate of drug-likeness (QED) is 0.905. The largest absolute Gasteiger partial charge is 0.337 e. The molecule has 19 heavy (non-hydrogen) atoms. The van der Waals surface area contributed by atoms with Gasteiger partial charge in [0.05, 0.1) is 5.54 Å². The second-order valence-corrected chi connectivity index (χ2v) is 5.37. The van der Waals surface area contributed by atoms with E-state index in [2.05, 4.69) is 18.2 Å². The Hall–Kier alpha value is -1.61. The maximum Gasteiger partial charge on any atom is 0.242 e. The Labute approximate surface area is 115 Å². The Morgan fingerprint density at radius 1 is 1.37 bits per heavy atom. The normalized spacial score (nSPS) is 18.7. The van der Waals surface area contributed by atoms with Gasteiger partial charge in [0.15, 0.2) is 0 Å². The van der Waals surface area contributed by atoms with E-state index in [1.807, 2.05) is 36.9 Å². The molecule has 102 valence electrons. The zero-order valence-corrected chi connectivity index (χ0v) is 11.7. The Balaban J connectivity index is 2.06. The summed E-state index contributed by atoms with van der Waals surface area (Å²) >= 11 is 0. The van der Waals surface area contributed by atoms with Crippen molar-refractivity contribution < 1.29 is 4.79 Å². The van der Waals surface area contributed by atoms with Crippen molar-refractivity contribution in [3.8, 4) is 0 Å². The first-order valence-electron chi connectivity index (χ1n) is 6.87. The van der Waals surface area contributed by atoms with Gasteiger partial charge in [-0.1, -0.05) is 43.3 Å². The highest BCUT2D eigenvalue weighted by Gasteiger charge is 2.31. The second kappa shape index (κ2) is 5.57. The monoisotopic (exact) mass is 258 g/mol. The lowest BCUT2D eigenvalue weighted by atomic mass is 9.95. The molecule has 2 rings (SSSR count). The van der Waals surface area contributed by atoms with E-state index in [0.29, 0.717) is 13.0 Å². The molecule has 1 atom stereocenters. The van der Waals surface area contributed by atoms with E-state index in [1.54, 1.807) is 0 Å². The van der Waals surface area contributed by atoms with Crippen LogP contribution in [0.15, 0.2) is 36.4 Å². The van der Waals surface area contributed by atoms with Gasteiger partial charge in [0, 0.05) is 13.1 Å². The minimum absolute atomic E-state index is 0.0540. The van der Waals surface area contributed by atoms with Gasteiger partial charge in [0.2, 0.25) is 5.91 Å². The number of benzene rings is 1.